The smallest absolute Gasteiger partial charge is 0.0441 e. The van der Waals surface area contributed by atoms with Gasteiger partial charge in [0.15, 0.2) is 0 Å². The Morgan fingerprint density at radius 3 is 2.29 bits per heavy atom. The highest BCUT2D eigenvalue weighted by molar-refractivity contribution is 6.35. The Morgan fingerprint density at radius 2 is 1.79 bits per heavy atom. The van der Waals surface area contributed by atoms with Crippen molar-refractivity contribution in [3.05, 3.63) is 28.2 Å². The molecule has 1 atom stereocenters. The van der Waals surface area contributed by atoms with Crippen LogP contribution in [0.2, 0.25) is 10.0 Å². The molecule has 1 nitrogen and oxygen atoms in total. The van der Waals surface area contributed by atoms with Gasteiger partial charge in [0.25, 0.3) is 0 Å². The minimum atomic E-state index is 0.660. The van der Waals surface area contributed by atoms with Crippen LogP contribution in [-0.2, 0) is 0 Å². The second-order valence-electron chi connectivity index (χ2n) is 3.55. The van der Waals surface area contributed by atoms with Crippen molar-refractivity contribution >= 4 is 28.9 Å². The van der Waals surface area contributed by atoms with E-state index in [1.165, 1.54) is 6.42 Å². The van der Waals surface area contributed by atoms with Crippen molar-refractivity contribution in [3.63, 3.8) is 0 Å². The predicted octanol–water partition coefficient (Wildman–Crippen LogP) is 4.45. The van der Waals surface area contributed by atoms with E-state index in [2.05, 4.69) is 19.2 Å². The lowest BCUT2D eigenvalue weighted by molar-refractivity contribution is 0.593. The van der Waals surface area contributed by atoms with Crippen LogP contribution >= 0.6 is 23.2 Å². The molecule has 1 rings (SSSR count). The Balaban J connectivity index is 2.58. The van der Waals surface area contributed by atoms with Gasteiger partial charge in [0.1, 0.15) is 0 Å². The molecule has 0 aliphatic heterocycles. The summed E-state index contributed by atoms with van der Waals surface area (Å²) in [7, 11) is 0. The summed E-state index contributed by atoms with van der Waals surface area (Å²) in [5, 5.41) is 4.65. The summed E-state index contributed by atoms with van der Waals surface area (Å²) in [5.41, 5.74) is 0.989. The zero-order valence-corrected chi connectivity index (χ0v) is 9.99. The van der Waals surface area contributed by atoms with Crippen LogP contribution < -0.4 is 5.32 Å². The quantitative estimate of drug-likeness (QED) is 0.808. The first-order valence-electron chi connectivity index (χ1n) is 4.81. The maximum absolute atomic E-state index is 5.87. The number of anilines is 1. The van der Waals surface area contributed by atoms with Gasteiger partial charge in [-0.15, -0.1) is 0 Å². The fourth-order valence-electron chi connectivity index (χ4n) is 1.09. The third-order valence-corrected chi connectivity index (χ3v) is 2.65. The number of nitrogens with one attached hydrogen (secondary N) is 1. The summed E-state index contributed by atoms with van der Waals surface area (Å²) in [6.07, 6.45) is 1.17. The number of halogens is 2. The summed E-state index contributed by atoms with van der Waals surface area (Å²) >= 11 is 11.7. The van der Waals surface area contributed by atoms with Crippen LogP contribution in [0, 0.1) is 5.92 Å². The lowest BCUT2D eigenvalue weighted by Gasteiger charge is -2.11. The molecule has 0 aliphatic carbocycles. The topological polar surface area (TPSA) is 12.0 Å². The zero-order valence-electron chi connectivity index (χ0n) is 8.48. The third-order valence-electron chi connectivity index (χ3n) is 2.21. The normalized spacial score (nSPS) is 12.6. The summed E-state index contributed by atoms with van der Waals surface area (Å²) in [4.78, 5) is 0. The van der Waals surface area contributed by atoms with E-state index in [0.29, 0.717) is 16.0 Å². The highest BCUT2D eigenvalue weighted by Crippen LogP contribution is 2.22. The van der Waals surface area contributed by atoms with E-state index in [9.17, 15) is 0 Å². The van der Waals surface area contributed by atoms with Gasteiger partial charge in [-0.2, -0.15) is 0 Å². The van der Waals surface area contributed by atoms with E-state index >= 15 is 0 Å². The third kappa shape index (κ3) is 3.77. The molecule has 0 spiro atoms. The van der Waals surface area contributed by atoms with Gasteiger partial charge < -0.3 is 5.32 Å². The summed E-state index contributed by atoms with van der Waals surface area (Å²) in [5.74, 6) is 0.660. The van der Waals surface area contributed by atoms with Crippen molar-refractivity contribution in [1.29, 1.82) is 0 Å². The molecular weight excluding hydrogens is 217 g/mol. The second-order valence-corrected chi connectivity index (χ2v) is 4.43. The van der Waals surface area contributed by atoms with Crippen molar-refractivity contribution in [2.75, 3.05) is 11.9 Å². The molecule has 0 heterocycles. The average molecular weight is 232 g/mol. The van der Waals surface area contributed by atoms with Gasteiger partial charge in [-0.05, 0) is 24.1 Å². The Bertz CT molecular complexity index is 279. The molecule has 3 heteroatoms. The lowest BCUT2D eigenvalue weighted by atomic mass is 10.1. The van der Waals surface area contributed by atoms with E-state index in [1.54, 1.807) is 6.07 Å². The molecule has 1 unspecified atom stereocenters. The Morgan fingerprint density at radius 1 is 1.21 bits per heavy atom. The van der Waals surface area contributed by atoms with Crippen molar-refractivity contribution in [2.24, 2.45) is 5.92 Å². The van der Waals surface area contributed by atoms with Gasteiger partial charge in [0, 0.05) is 22.3 Å². The van der Waals surface area contributed by atoms with Crippen LogP contribution in [0.15, 0.2) is 18.2 Å². The molecule has 0 amide bonds. The zero-order chi connectivity index (χ0) is 10.6. The lowest BCUT2D eigenvalue weighted by Crippen LogP contribution is -2.10. The van der Waals surface area contributed by atoms with Gasteiger partial charge in [-0.25, -0.2) is 0 Å². The minimum Gasteiger partial charge on any atom is -0.385 e. The molecule has 0 radical (unpaired) electrons. The molecule has 1 aromatic carbocycles. The summed E-state index contributed by atoms with van der Waals surface area (Å²) in [6.45, 7) is 5.34. The maximum atomic E-state index is 5.87. The van der Waals surface area contributed by atoms with Gasteiger partial charge >= 0.3 is 0 Å². The van der Waals surface area contributed by atoms with Crippen LogP contribution in [0.5, 0.6) is 0 Å². The Kier molecular flexibility index (Phi) is 4.56. The second kappa shape index (κ2) is 5.47. The van der Waals surface area contributed by atoms with E-state index in [0.717, 1.165) is 12.2 Å². The molecular formula is C11H15Cl2N. The van der Waals surface area contributed by atoms with Crippen LogP contribution in [0.25, 0.3) is 0 Å². The fraction of sp³-hybridized carbons (Fsp3) is 0.455. The predicted molar refractivity (Wildman–Crippen MR) is 64.4 cm³/mol. The van der Waals surface area contributed by atoms with Gasteiger partial charge in [-0.3, -0.25) is 0 Å². The monoisotopic (exact) mass is 231 g/mol. The van der Waals surface area contributed by atoms with Crippen LogP contribution in [0.3, 0.4) is 0 Å². The fourth-order valence-corrected chi connectivity index (χ4v) is 1.62. The van der Waals surface area contributed by atoms with Crippen LogP contribution in [0.1, 0.15) is 20.3 Å². The molecule has 1 aromatic rings. The molecule has 0 aromatic heterocycles. The molecule has 14 heavy (non-hydrogen) atoms. The molecule has 0 bridgehead atoms. The molecule has 0 aliphatic rings. The van der Waals surface area contributed by atoms with Gasteiger partial charge in [0.05, 0.1) is 0 Å². The van der Waals surface area contributed by atoms with Crippen LogP contribution in [-0.4, -0.2) is 6.54 Å². The Labute approximate surface area is 95.4 Å². The van der Waals surface area contributed by atoms with Gasteiger partial charge in [0.2, 0.25) is 0 Å². The van der Waals surface area contributed by atoms with E-state index in [1.807, 2.05) is 12.1 Å². The standard InChI is InChI=1S/C11H15Cl2N/c1-3-8(2)7-14-11-5-9(12)4-10(13)6-11/h4-6,8,14H,3,7H2,1-2H3. The van der Waals surface area contributed by atoms with Crippen molar-refractivity contribution in [1.82, 2.24) is 0 Å². The van der Waals surface area contributed by atoms with E-state index in [-0.39, 0.29) is 0 Å². The first kappa shape index (κ1) is 11.7. The molecule has 0 saturated carbocycles. The number of benzene rings is 1. The SMILES string of the molecule is CCC(C)CNc1cc(Cl)cc(Cl)c1. The number of rotatable bonds is 4. The number of hydrogen-bond donors (Lipinski definition) is 1. The Hall–Kier alpha value is -0.400. The molecule has 1 N–H and O–H groups in total. The minimum absolute atomic E-state index is 0.660. The number of hydrogen-bond acceptors (Lipinski definition) is 1. The van der Waals surface area contributed by atoms with Crippen molar-refractivity contribution < 1.29 is 0 Å². The van der Waals surface area contributed by atoms with Gasteiger partial charge in [-0.1, -0.05) is 43.5 Å². The first-order valence-corrected chi connectivity index (χ1v) is 5.57. The van der Waals surface area contributed by atoms with Crippen molar-refractivity contribution in [2.45, 2.75) is 20.3 Å². The summed E-state index contributed by atoms with van der Waals surface area (Å²) in [6, 6.07) is 5.50. The first-order chi connectivity index (χ1) is 6.61. The maximum Gasteiger partial charge on any atom is 0.0441 e. The average Bonchev–Trinajstić information content (AvgIpc) is 2.12. The molecule has 78 valence electrons. The van der Waals surface area contributed by atoms with Crippen LogP contribution in [0.4, 0.5) is 5.69 Å². The summed E-state index contributed by atoms with van der Waals surface area (Å²) < 4.78 is 0. The van der Waals surface area contributed by atoms with E-state index < -0.39 is 0 Å². The molecule has 0 fully saturated rings. The van der Waals surface area contributed by atoms with Crippen molar-refractivity contribution in [3.8, 4) is 0 Å². The largest absolute Gasteiger partial charge is 0.385 e. The highest BCUT2D eigenvalue weighted by Gasteiger charge is 2.00. The van der Waals surface area contributed by atoms with E-state index in [4.69, 9.17) is 23.2 Å². The highest BCUT2D eigenvalue weighted by atomic mass is 35.5. The molecule has 0 saturated heterocycles.